The van der Waals surface area contributed by atoms with Crippen molar-refractivity contribution < 1.29 is 0 Å². The van der Waals surface area contributed by atoms with Gasteiger partial charge in [-0.15, -0.1) is 0 Å². The molecule has 0 spiro atoms. The summed E-state index contributed by atoms with van der Waals surface area (Å²) in [6.45, 7) is 4.36. The Balaban J connectivity index is 2.15. The summed E-state index contributed by atoms with van der Waals surface area (Å²) in [5.74, 6) is 1.70. The van der Waals surface area contributed by atoms with Crippen LogP contribution >= 0.6 is 27.7 Å². The van der Waals surface area contributed by atoms with Crippen LogP contribution in [-0.4, -0.2) is 17.0 Å². The average Bonchev–Trinajstić information content (AvgIpc) is 2.36. The summed E-state index contributed by atoms with van der Waals surface area (Å²) in [5.41, 5.74) is 1.59. The second-order valence-corrected chi connectivity index (χ2v) is 6.26. The van der Waals surface area contributed by atoms with Gasteiger partial charge in [0.25, 0.3) is 0 Å². The molecule has 1 heterocycles. The van der Waals surface area contributed by atoms with E-state index in [1.165, 1.54) is 0 Å². The molecule has 0 saturated heterocycles. The van der Waals surface area contributed by atoms with Crippen LogP contribution in [0.25, 0.3) is 0 Å². The molecule has 0 bridgehead atoms. The number of nitrogens with zero attached hydrogens (tertiary/aromatic N) is 2. The molecule has 0 saturated carbocycles. The van der Waals surface area contributed by atoms with E-state index in [1.54, 1.807) is 17.8 Å². The predicted octanol–water partition coefficient (Wildman–Crippen LogP) is 3.86. The Kier molecular flexibility index (Phi) is 4.31. The van der Waals surface area contributed by atoms with Crippen molar-refractivity contribution in [3.05, 3.63) is 28.2 Å². The first-order valence-electron chi connectivity index (χ1n) is 5.77. The van der Waals surface area contributed by atoms with E-state index in [4.69, 9.17) is 5.26 Å². The lowest BCUT2D eigenvalue weighted by atomic mass is 10.1. The topological polar surface area (TPSA) is 48.2 Å². The zero-order chi connectivity index (χ0) is 13.1. The van der Waals surface area contributed by atoms with Crippen molar-refractivity contribution in [1.29, 1.82) is 5.26 Å². The molecule has 2 unspecified atom stereocenters. The molecule has 0 aliphatic carbocycles. The standard InChI is InChI=1S/C13H14BrN3S/c1-8-7-18-13(16-9(8)2)17-12-4-3-10(6-15)5-11(12)14/h3-5,8-9H,7H2,1-2H3,(H,16,17). The third-order valence-electron chi connectivity index (χ3n) is 2.97. The Bertz CT molecular complexity index is 521. The molecule has 5 heteroatoms. The minimum absolute atomic E-state index is 0.353. The van der Waals surface area contributed by atoms with Crippen molar-refractivity contribution >= 4 is 38.5 Å². The first-order chi connectivity index (χ1) is 8.60. The number of aliphatic imine (C=N–C) groups is 1. The minimum Gasteiger partial charge on any atom is -0.334 e. The van der Waals surface area contributed by atoms with Gasteiger partial charge in [0, 0.05) is 10.2 Å². The SMILES string of the molecule is CC1CSC(Nc2ccc(C#N)cc2Br)=NC1C. The van der Waals surface area contributed by atoms with Gasteiger partial charge in [-0.25, -0.2) is 0 Å². The van der Waals surface area contributed by atoms with Crippen molar-refractivity contribution in [2.45, 2.75) is 19.9 Å². The van der Waals surface area contributed by atoms with Crippen molar-refractivity contribution in [3.8, 4) is 6.07 Å². The highest BCUT2D eigenvalue weighted by atomic mass is 79.9. The number of halogens is 1. The Morgan fingerprint density at radius 2 is 2.28 bits per heavy atom. The zero-order valence-corrected chi connectivity index (χ0v) is 12.7. The van der Waals surface area contributed by atoms with Gasteiger partial charge < -0.3 is 5.32 Å². The van der Waals surface area contributed by atoms with Crippen LogP contribution in [0.1, 0.15) is 19.4 Å². The number of hydrogen-bond acceptors (Lipinski definition) is 4. The molecule has 1 aromatic carbocycles. The molecule has 2 rings (SSSR count). The number of anilines is 1. The van der Waals surface area contributed by atoms with Gasteiger partial charge in [-0.2, -0.15) is 5.26 Å². The Labute approximate surface area is 120 Å². The fraction of sp³-hybridized carbons (Fsp3) is 0.385. The molecule has 0 aromatic heterocycles. The predicted molar refractivity (Wildman–Crippen MR) is 81.0 cm³/mol. The fourth-order valence-electron chi connectivity index (χ4n) is 1.57. The Morgan fingerprint density at radius 3 is 2.89 bits per heavy atom. The molecule has 1 aliphatic rings. The highest BCUT2D eigenvalue weighted by Crippen LogP contribution is 2.28. The van der Waals surface area contributed by atoms with E-state index >= 15 is 0 Å². The summed E-state index contributed by atoms with van der Waals surface area (Å²) < 4.78 is 0.885. The lowest BCUT2D eigenvalue weighted by Crippen LogP contribution is -2.25. The third kappa shape index (κ3) is 3.06. The first kappa shape index (κ1) is 13.4. The quantitative estimate of drug-likeness (QED) is 0.853. The Hall–Kier alpha value is -0.990. The Morgan fingerprint density at radius 1 is 1.50 bits per heavy atom. The van der Waals surface area contributed by atoms with Crippen molar-refractivity contribution in [3.63, 3.8) is 0 Å². The molecular formula is C13H14BrN3S. The van der Waals surface area contributed by atoms with E-state index in [0.717, 1.165) is 21.1 Å². The van der Waals surface area contributed by atoms with Crippen LogP contribution < -0.4 is 5.32 Å². The molecule has 1 N–H and O–H groups in total. The maximum atomic E-state index is 8.82. The van der Waals surface area contributed by atoms with Gasteiger partial charge in [0.15, 0.2) is 5.17 Å². The van der Waals surface area contributed by atoms with E-state index in [9.17, 15) is 0 Å². The van der Waals surface area contributed by atoms with Gasteiger partial charge in [0.2, 0.25) is 0 Å². The van der Waals surface area contributed by atoms with Crippen molar-refractivity contribution in [2.75, 3.05) is 11.1 Å². The highest BCUT2D eigenvalue weighted by Gasteiger charge is 2.19. The number of rotatable bonds is 1. The maximum Gasteiger partial charge on any atom is 0.161 e. The number of nitrogens with one attached hydrogen (secondary N) is 1. The van der Waals surface area contributed by atoms with Crippen molar-refractivity contribution in [1.82, 2.24) is 0 Å². The van der Waals surface area contributed by atoms with Crippen LogP contribution in [0.5, 0.6) is 0 Å². The maximum absolute atomic E-state index is 8.82. The molecule has 94 valence electrons. The summed E-state index contributed by atoms with van der Waals surface area (Å²) in [4.78, 5) is 4.62. The summed E-state index contributed by atoms with van der Waals surface area (Å²) in [6.07, 6.45) is 0. The number of hydrogen-bond donors (Lipinski definition) is 1. The monoisotopic (exact) mass is 323 g/mol. The summed E-state index contributed by atoms with van der Waals surface area (Å²) in [6, 6.07) is 7.97. The van der Waals surface area contributed by atoms with E-state index < -0.39 is 0 Å². The molecule has 3 nitrogen and oxygen atoms in total. The summed E-state index contributed by atoms with van der Waals surface area (Å²) in [7, 11) is 0. The largest absolute Gasteiger partial charge is 0.334 e. The van der Waals surface area contributed by atoms with Crippen LogP contribution in [0, 0.1) is 17.2 Å². The van der Waals surface area contributed by atoms with Crippen LogP contribution in [-0.2, 0) is 0 Å². The number of amidine groups is 1. The molecule has 1 aromatic rings. The molecular weight excluding hydrogens is 310 g/mol. The smallest absolute Gasteiger partial charge is 0.161 e. The molecule has 0 fully saturated rings. The first-order valence-corrected chi connectivity index (χ1v) is 7.55. The fourth-order valence-corrected chi connectivity index (χ4v) is 3.17. The molecule has 18 heavy (non-hydrogen) atoms. The van der Waals surface area contributed by atoms with Gasteiger partial charge >= 0.3 is 0 Å². The van der Waals surface area contributed by atoms with Gasteiger partial charge in [-0.1, -0.05) is 18.7 Å². The highest BCUT2D eigenvalue weighted by molar-refractivity contribution is 9.10. The molecule has 0 amide bonds. The van der Waals surface area contributed by atoms with Crippen molar-refractivity contribution in [2.24, 2.45) is 10.9 Å². The van der Waals surface area contributed by atoms with E-state index in [-0.39, 0.29) is 0 Å². The second kappa shape index (κ2) is 5.77. The van der Waals surface area contributed by atoms with Crippen LogP contribution in [0.2, 0.25) is 0 Å². The van der Waals surface area contributed by atoms with Gasteiger partial charge in [0.1, 0.15) is 0 Å². The molecule has 0 radical (unpaired) electrons. The van der Waals surface area contributed by atoms with Gasteiger partial charge in [-0.05, 0) is 47.0 Å². The van der Waals surface area contributed by atoms with E-state index in [0.29, 0.717) is 17.5 Å². The zero-order valence-electron chi connectivity index (χ0n) is 10.3. The molecule has 2 atom stereocenters. The van der Waals surface area contributed by atoms with E-state index in [2.05, 4.69) is 46.2 Å². The molecule has 1 aliphatic heterocycles. The lowest BCUT2D eigenvalue weighted by Gasteiger charge is -2.24. The lowest BCUT2D eigenvalue weighted by molar-refractivity contribution is 0.537. The summed E-state index contributed by atoms with van der Waals surface area (Å²) in [5, 5.41) is 13.1. The van der Waals surface area contributed by atoms with E-state index in [1.807, 2.05) is 12.1 Å². The number of thioether (sulfide) groups is 1. The normalized spacial score (nSPS) is 23.1. The average molecular weight is 324 g/mol. The third-order valence-corrected chi connectivity index (χ3v) is 4.80. The van der Waals surface area contributed by atoms with Gasteiger partial charge in [0.05, 0.1) is 23.4 Å². The summed E-state index contributed by atoms with van der Waals surface area (Å²) >= 11 is 5.21. The number of benzene rings is 1. The van der Waals surface area contributed by atoms with Gasteiger partial charge in [-0.3, -0.25) is 4.99 Å². The minimum atomic E-state index is 0.353. The van der Waals surface area contributed by atoms with Crippen LogP contribution in [0.15, 0.2) is 27.7 Å². The van der Waals surface area contributed by atoms with Crippen LogP contribution in [0.3, 0.4) is 0 Å². The second-order valence-electron chi connectivity index (χ2n) is 4.39. The number of nitriles is 1. The van der Waals surface area contributed by atoms with Crippen LogP contribution in [0.4, 0.5) is 5.69 Å².